The van der Waals surface area contributed by atoms with E-state index in [4.69, 9.17) is 21.1 Å². The smallest absolute Gasteiger partial charge is 0.263 e. The van der Waals surface area contributed by atoms with Crippen LogP contribution in [0.5, 0.6) is 11.5 Å². The molecule has 2 amide bonds. The number of rotatable bonds is 8. The highest BCUT2D eigenvalue weighted by Gasteiger charge is 2.18. The Morgan fingerprint density at radius 3 is 2.25 bits per heavy atom. The number of benzene rings is 3. The van der Waals surface area contributed by atoms with Crippen molar-refractivity contribution in [1.82, 2.24) is 0 Å². The summed E-state index contributed by atoms with van der Waals surface area (Å²) in [4.78, 5) is 25.8. The highest BCUT2D eigenvalue weighted by molar-refractivity contribution is 8.00. The van der Waals surface area contributed by atoms with Crippen LogP contribution in [0.15, 0.2) is 65.6 Å². The Hall–Kier alpha value is -3.23. The SMILES string of the molecule is COc1cccc(OC)c1C(=O)Nc1cccc(SCC(=O)Nc2ccc(F)c(Cl)c2)c1. The number of anilines is 2. The number of ether oxygens (including phenoxy) is 2. The van der Waals surface area contributed by atoms with Gasteiger partial charge in [0.15, 0.2) is 0 Å². The lowest BCUT2D eigenvalue weighted by atomic mass is 10.1. The maximum absolute atomic E-state index is 13.2. The molecule has 0 aliphatic carbocycles. The van der Waals surface area contributed by atoms with Gasteiger partial charge in [-0.25, -0.2) is 4.39 Å². The molecule has 0 aliphatic heterocycles. The second-order valence-corrected chi connectivity index (χ2v) is 7.94. The molecule has 2 N–H and O–H groups in total. The highest BCUT2D eigenvalue weighted by Crippen LogP contribution is 2.30. The molecule has 0 atom stereocenters. The van der Waals surface area contributed by atoms with E-state index in [1.807, 2.05) is 6.07 Å². The van der Waals surface area contributed by atoms with Crippen LogP contribution in [0.1, 0.15) is 10.4 Å². The first kappa shape index (κ1) is 23.4. The average Bonchev–Trinajstić information content (AvgIpc) is 2.79. The summed E-state index contributed by atoms with van der Waals surface area (Å²) in [7, 11) is 2.96. The third-order valence-electron chi connectivity index (χ3n) is 4.32. The Morgan fingerprint density at radius 1 is 0.938 bits per heavy atom. The molecule has 3 rings (SSSR count). The fraction of sp³-hybridized carbons (Fsp3) is 0.130. The number of carbonyl (C=O) groups excluding carboxylic acids is 2. The van der Waals surface area contributed by atoms with E-state index in [2.05, 4.69) is 10.6 Å². The predicted molar refractivity (Wildman–Crippen MR) is 125 cm³/mol. The lowest BCUT2D eigenvalue weighted by molar-refractivity contribution is -0.113. The molecular weight excluding hydrogens is 455 g/mol. The second kappa shape index (κ2) is 10.9. The molecule has 166 valence electrons. The molecule has 0 fully saturated rings. The number of hydrogen-bond acceptors (Lipinski definition) is 5. The quantitative estimate of drug-likeness (QED) is 0.423. The first-order valence-electron chi connectivity index (χ1n) is 9.41. The molecule has 0 aliphatic rings. The molecule has 0 heterocycles. The Kier molecular flexibility index (Phi) is 7.97. The van der Waals surface area contributed by atoms with Gasteiger partial charge in [0.2, 0.25) is 5.91 Å². The van der Waals surface area contributed by atoms with Crippen LogP contribution in [-0.4, -0.2) is 31.8 Å². The maximum atomic E-state index is 13.2. The number of nitrogens with one attached hydrogen (secondary N) is 2. The van der Waals surface area contributed by atoms with E-state index in [-0.39, 0.29) is 28.2 Å². The molecule has 9 heteroatoms. The van der Waals surface area contributed by atoms with Gasteiger partial charge >= 0.3 is 0 Å². The number of methoxy groups -OCH3 is 2. The first-order valence-corrected chi connectivity index (χ1v) is 10.8. The van der Waals surface area contributed by atoms with Crippen molar-refractivity contribution in [3.63, 3.8) is 0 Å². The summed E-state index contributed by atoms with van der Waals surface area (Å²) in [6.45, 7) is 0. The van der Waals surface area contributed by atoms with E-state index in [9.17, 15) is 14.0 Å². The van der Waals surface area contributed by atoms with Crippen LogP contribution in [0, 0.1) is 5.82 Å². The summed E-state index contributed by atoms with van der Waals surface area (Å²) in [6, 6.07) is 16.2. The van der Waals surface area contributed by atoms with Crippen molar-refractivity contribution < 1.29 is 23.5 Å². The van der Waals surface area contributed by atoms with Crippen molar-refractivity contribution in [1.29, 1.82) is 0 Å². The van der Waals surface area contributed by atoms with Gasteiger partial charge < -0.3 is 20.1 Å². The van der Waals surface area contributed by atoms with Gasteiger partial charge in [0, 0.05) is 16.3 Å². The van der Waals surface area contributed by atoms with E-state index < -0.39 is 5.82 Å². The van der Waals surface area contributed by atoms with Crippen molar-refractivity contribution >= 4 is 46.6 Å². The topological polar surface area (TPSA) is 76.7 Å². The molecule has 0 bridgehead atoms. The van der Waals surface area contributed by atoms with Crippen molar-refractivity contribution in [2.75, 3.05) is 30.6 Å². The summed E-state index contributed by atoms with van der Waals surface area (Å²) >= 11 is 7.02. The molecule has 0 radical (unpaired) electrons. The van der Waals surface area contributed by atoms with E-state index in [0.29, 0.717) is 22.9 Å². The zero-order chi connectivity index (χ0) is 23.1. The molecule has 32 heavy (non-hydrogen) atoms. The minimum absolute atomic E-state index is 0.0643. The van der Waals surface area contributed by atoms with Crippen LogP contribution in [-0.2, 0) is 4.79 Å². The molecular formula is C23H20ClFN2O4S. The molecule has 0 saturated carbocycles. The van der Waals surface area contributed by atoms with Crippen LogP contribution in [0.4, 0.5) is 15.8 Å². The number of carbonyl (C=O) groups is 2. The summed E-state index contributed by atoms with van der Waals surface area (Å²) in [5.41, 5.74) is 1.25. The number of amides is 2. The maximum Gasteiger partial charge on any atom is 0.263 e. The monoisotopic (exact) mass is 474 g/mol. The minimum Gasteiger partial charge on any atom is -0.496 e. The lowest BCUT2D eigenvalue weighted by Crippen LogP contribution is -2.15. The van der Waals surface area contributed by atoms with E-state index in [0.717, 1.165) is 4.90 Å². The van der Waals surface area contributed by atoms with Gasteiger partial charge in [-0.2, -0.15) is 0 Å². The Bertz CT molecular complexity index is 1120. The minimum atomic E-state index is -0.552. The van der Waals surface area contributed by atoms with Gasteiger partial charge in [0.1, 0.15) is 22.9 Å². The standard InChI is InChI=1S/C23H20ClFN2O4S/c1-30-19-7-4-8-20(31-2)22(19)23(29)27-14-5-3-6-16(11-14)32-13-21(28)26-15-9-10-18(25)17(24)12-15/h3-12H,13H2,1-2H3,(H,26,28)(H,27,29). The summed E-state index contributed by atoms with van der Waals surface area (Å²) in [6.07, 6.45) is 0. The normalized spacial score (nSPS) is 10.4. The Balaban J connectivity index is 1.64. The second-order valence-electron chi connectivity index (χ2n) is 6.49. The third-order valence-corrected chi connectivity index (χ3v) is 5.60. The van der Waals surface area contributed by atoms with Crippen LogP contribution in [0.25, 0.3) is 0 Å². The van der Waals surface area contributed by atoms with Gasteiger partial charge in [-0.05, 0) is 48.5 Å². The largest absolute Gasteiger partial charge is 0.496 e. The third kappa shape index (κ3) is 5.93. The van der Waals surface area contributed by atoms with Crippen LogP contribution < -0.4 is 20.1 Å². The van der Waals surface area contributed by atoms with Gasteiger partial charge in [-0.3, -0.25) is 9.59 Å². The van der Waals surface area contributed by atoms with Crippen molar-refractivity contribution in [2.45, 2.75) is 4.90 Å². The molecule has 0 aromatic heterocycles. The Labute approximate surface area is 194 Å². The predicted octanol–water partition coefficient (Wildman–Crippen LogP) is 5.48. The summed E-state index contributed by atoms with van der Waals surface area (Å²) in [5.74, 6) is -0.302. The van der Waals surface area contributed by atoms with Crippen LogP contribution in [0.2, 0.25) is 5.02 Å². The molecule has 0 spiro atoms. The fourth-order valence-corrected chi connectivity index (χ4v) is 3.79. The van der Waals surface area contributed by atoms with Crippen molar-refractivity contribution in [3.8, 4) is 11.5 Å². The van der Waals surface area contributed by atoms with Crippen LogP contribution >= 0.6 is 23.4 Å². The van der Waals surface area contributed by atoms with E-state index in [1.54, 1.807) is 36.4 Å². The average molecular weight is 475 g/mol. The molecule has 0 unspecified atom stereocenters. The number of thioether (sulfide) groups is 1. The van der Waals surface area contributed by atoms with E-state index >= 15 is 0 Å². The van der Waals surface area contributed by atoms with Gasteiger partial charge in [0.25, 0.3) is 5.91 Å². The zero-order valence-corrected chi connectivity index (χ0v) is 18.9. The Morgan fingerprint density at radius 2 is 1.59 bits per heavy atom. The molecule has 3 aromatic rings. The summed E-state index contributed by atoms with van der Waals surface area (Å²) in [5, 5.41) is 5.43. The van der Waals surface area contributed by atoms with Gasteiger partial charge in [-0.15, -0.1) is 11.8 Å². The van der Waals surface area contributed by atoms with Gasteiger partial charge in [-0.1, -0.05) is 23.7 Å². The van der Waals surface area contributed by atoms with Crippen molar-refractivity contribution in [2.24, 2.45) is 0 Å². The first-order chi connectivity index (χ1) is 15.4. The molecule has 6 nitrogen and oxygen atoms in total. The molecule has 3 aromatic carbocycles. The van der Waals surface area contributed by atoms with Crippen molar-refractivity contribution in [3.05, 3.63) is 77.1 Å². The highest BCUT2D eigenvalue weighted by atomic mass is 35.5. The van der Waals surface area contributed by atoms with Crippen LogP contribution in [0.3, 0.4) is 0 Å². The van der Waals surface area contributed by atoms with E-state index in [1.165, 1.54) is 44.2 Å². The lowest BCUT2D eigenvalue weighted by Gasteiger charge is -2.13. The summed E-state index contributed by atoms with van der Waals surface area (Å²) < 4.78 is 23.8. The fourth-order valence-electron chi connectivity index (χ4n) is 2.85. The number of halogens is 2. The molecule has 0 saturated heterocycles. The van der Waals surface area contributed by atoms with Gasteiger partial charge in [0.05, 0.1) is 25.0 Å². The zero-order valence-electron chi connectivity index (χ0n) is 17.3. The number of hydrogen-bond donors (Lipinski definition) is 2.